The van der Waals surface area contributed by atoms with Crippen molar-refractivity contribution in [1.82, 2.24) is 5.32 Å². The summed E-state index contributed by atoms with van der Waals surface area (Å²) in [5.41, 5.74) is 5.35. The Bertz CT molecular complexity index is 126. The molecule has 0 spiro atoms. The molecule has 0 amide bonds. The number of nitrogens with two attached hydrogens (primary N) is 1. The minimum Gasteiger partial charge on any atom is -0.398 e. The summed E-state index contributed by atoms with van der Waals surface area (Å²) in [6.07, 6.45) is 1.09. The topological polar surface area (TPSA) is 56.5 Å². The summed E-state index contributed by atoms with van der Waals surface area (Å²) < 4.78 is 10.7. The van der Waals surface area contributed by atoms with Crippen LogP contribution in [-0.2, 0) is 8.85 Å². The Morgan fingerprint density at radius 1 is 1.21 bits per heavy atom. The fraction of sp³-hybridized carbons (Fsp3) is 1.00. The van der Waals surface area contributed by atoms with E-state index in [0.717, 1.165) is 25.6 Å². The summed E-state index contributed by atoms with van der Waals surface area (Å²) in [6, 6.07) is 1.03. The third-order valence-corrected chi connectivity index (χ3v) is 5.16. The van der Waals surface area contributed by atoms with Crippen molar-refractivity contribution in [3.63, 3.8) is 0 Å². The first-order valence-electron chi connectivity index (χ1n) is 4.69. The van der Waals surface area contributed by atoms with Gasteiger partial charge in [0, 0.05) is 27.3 Å². The Hall–Kier alpha value is 0.347. The van der Waals surface area contributed by atoms with Crippen molar-refractivity contribution in [3.05, 3.63) is 0 Å². The highest BCUT2D eigenvalue weighted by molar-refractivity contribution is 6.65. The van der Waals surface area contributed by atoms with Gasteiger partial charge in [-0.2, -0.15) is 0 Å². The molecule has 0 aromatic heterocycles. The second-order valence-corrected chi connectivity index (χ2v) is 6.77. The molecule has 0 unspecified atom stereocenters. The SMILES string of the molecule is CO[Si](C)(CCCNCCN)OC.Cl. The Morgan fingerprint density at radius 3 is 2.21 bits per heavy atom. The molecule has 0 radical (unpaired) electrons. The molecule has 0 aromatic carbocycles. The van der Waals surface area contributed by atoms with Crippen LogP contribution in [0.25, 0.3) is 0 Å². The zero-order valence-electron chi connectivity index (χ0n) is 9.34. The van der Waals surface area contributed by atoms with Crippen LogP contribution in [0.2, 0.25) is 12.6 Å². The molecule has 0 atom stereocenters. The van der Waals surface area contributed by atoms with Crippen LogP contribution in [-0.4, -0.2) is 42.4 Å². The number of halogens is 1. The molecule has 0 aliphatic rings. The van der Waals surface area contributed by atoms with Crippen LogP contribution in [0.5, 0.6) is 0 Å². The molecular formula is C8H23ClN2O2Si. The van der Waals surface area contributed by atoms with Crippen LogP contribution in [0.15, 0.2) is 0 Å². The molecule has 88 valence electrons. The third-order valence-electron chi connectivity index (χ3n) is 2.17. The van der Waals surface area contributed by atoms with Crippen molar-refractivity contribution in [2.75, 3.05) is 33.9 Å². The van der Waals surface area contributed by atoms with Crippen molar-refractivity contribution in [2.45, 2.75) is 19.0 Å². The highest BCUT2D eigenvalue weighted by atomic mass is 35.5. The first kappa shape index (κ1) is 16.8. The molecule has 0 saturated heterocycles. The second kappa shape index (κ2) is 9.89. The van der Waals surface area contributed by atoms with Gasteiger partial charge in [0.25, 0.3) is 0 Å². The maximum absolute atomic E-state index is 5.36. The smallest absolute Gasteiger partial charge is 0.334 e. The Kier molecular flexibility index (Phi) is 11.8. The van der Waals surface area contributed by atoms with Gasteiger partial charge >= 0.3 is 8.56 Å². The van der Waals surface area contributed by atoms with Gasteiger partial charge in [0.1, 0.15) is 0 Å². The summed E-state index contributed by atoms with van der Waals surface area (Å²) in [4.78, 5) is 0. The van der Waals surface area contributed by atoms with Gasteiger partial charge in [0.05, 0.1) is 0 Å². The molecular weight excluding hydrogens is 220 g/mol. The lowest BCUT2D eigenvalue weighted by molar-refractivity contribution is 0.248. The monoisotopic (exact) mass is 242 g/mol. The summed E-state index contributed by atoms with van der Waals surface area (Å²) in [5, 5.41) is 3.24. The Morgan fingerprint density at radius 2 is 1.79 bits per heavy atom. The van der Waals surface area contributed by atoms with Gasteiger partial charge in [-0.05, 0) is 25.6 Å². The quantitative estimate of drug-likeness (QED) is 0.486. The van der Waals surface area contributed by atoms with E-state index in [2.05, 4.69) is 11.9 Å². The molecule has 6 heteroatoms. The van der Waals surface area contributed by atoms with E-state index in [1.807, 2.05) is 0 Å². The van der Waals surface area contributed by atoms with E-state index in [0.29, 0.717) is 6.54 Å². The summed E-state index contributed by atoms with van der Waals surface area (Å²) >= 11 is 0. The largest absolute Gasteiger partial charge is 0.398 e. The van der Waals surface area contributed by atoms with Crippen LogP contribution < -0.4 is 11.1 Å². The van der Waals surface area contributed by atoms with Crippen molar-refractivity contribution < 1.29 is 8.85 Å². The van der Waals surface area contributed by atoms with Gasteiger partial charge in [-0.15, -0.1) is 12.4 Å². The average molecular weight is 243 g/mol. The molecule has 3 N–H and O–H groups in total. The molecule has 4 nitrogen and oxygen atoms in total. The highest BCUT2D eigenvalue weighted by Crippen LogP contribution is 2.12. The highest BCUT2D eigenvalue weighted by Gasteiger charge is 2.27. The lowest BCUT2D eigenvalue weighted by Crippen LogP contribution is -2.37. The van der Waals surface area contributed by atoms with E-state index in [-0.39, 0.29) is 12.4 Å². The molecule has 0 saturated carbocycles. The normalized spacial score (nSPS) is 11.1. The van der Waals surface area contributed by atoms with Crippen molar-refractivity contribution in [3.8, 4) is 0 Å². The predicted octanol–water partition coefficient (Wildman–Crippen LogP) is 0.711. The predicted molar refractivity (Wildman–Crippen MR) is 64.2 cm³/mol. The van der Waals surface area contributed by atoms with Crippen LogP contribution in [0, 0.1) is 0 Å². The molecule has 0 aromatic rings. The summed E-state index contributed by atoms with van der Waals surface area (Å²) in [6.45, 7) is 4.66. The molecule has 0 heterocycles. The third kappa shape index (κ3) is 7.72. The van der Waals surface area contributed by atoms with E-state index >= 15 is 0 Å². The number of hydrogen-bond donors (Lipinski definition) is 2. The molecule has 0 fully saturated rings. The zero-order chi connectivity index (χ0) is 10.2. The number of hydrogen-bond acceptors (Lipinski definition) is 4. The van der Waals surface area contributed by atoms with Crippen molar-refractivity contribution in [2.24, 2.45) is 5.73 Å². The number of nitrogens with one attached hydrogen (secondary N) is 1. The van der Waals surface area contributed by atoms with Gasteiger partial charge in [-0.1, -0.05) is 0 Å². The first-order chi connectivity index (χ1) is 6.18. The van der Waals surface area contributed by atoms with Crippen molar-refractivity contribution >= 4 is 21.0 Å². The maximum atomic E-state index is 5.36. The summed E-state index contributed by atoms with van der Waals surface area (Å²) in [7, 11) is 1.62. The Labute approximate surface area is 94.2 Å². The van der Waals surface area contributed by atoms with Gasteiger partial charge in [-0.25, -0.2) is 0 Å². The molecule has 0 aliphatic heterocycles. The zero-order valence-corrected chi connectivity index (χ0v) is 11.2. The van der Waals surface area contributed by atoms with Gasteiger partial charge in [0.2, 0.25) is 0 Å². The first-order valence-corrected chi connectivity index (χ1v) is 7.22. The van der Waals surface area contributed by atoms with Crippen LogP contribution in [0.3, 0.4) is 0 Å². The van der Waals surface area contributed by atoms with E-state index in [1.54, 1.807) is 14.2 Å². The van der Waals surface area contributed by atoms with Crippen LogP contribution in [0.4, 0.5) is 0 Å². The molecule has 14 heavy (non-hydrogen) atoms. The van der Waals surface area contributed by atoms with E-state index in [9.17, 15) is 0 Å². The second-order valence-electron chi connectivity index (χ2n) is 3.18. The molecule has 0 aliphatic carbocycles. The Balaban J connectivity index is 0. The molecule has 0 rings (SSSR count). The number of rotatable bonds is 8. The van der Waals surface area contributed by atoms with Crippen LogP contribution >= 0.6 is 12.4 Å². The van der Waals surface area contributed by atoms with E-state index in [4.69, 9.17) is 14.6 Å². The minimum atomic E-state index is -1.83. The lowest BCUT2D eigenvalue weighted by Gasteiger charge is -2.22. The van der Waals surface area contributed by atoms with Crippen LogP contribution in [0.1, 0.15) is 6.42 Å². The minimum absolute atomic E-state index is 0. The van der Waals surface area contributed by atoms with Crippen molar-refractivity contribution in [1.29, 1.82) is 0 Å². The maximum Gasteiger partial charge on any atom is 0.334 e. The fourth-order valence-electron chi connectivity index (χ4n) is 1.05. The van der Waals surface area contributed by atoms with Gasteiger partial charge in [0.15, 0.2) is 0 Å². The molecule has 0 bridgehead atoms. The summed E-state index contributed by atoms with van der Waals surface area (Å²) in [5.74, 6) is 0. The van der Waals surface area contributed by atoms with E-state index < -0.39 is 8.56 Å². The fourth-order valence-corrected chi connectivity index (χ4v) is 2.44. The lowest BCUT2D eigenvalue weighted by atomic mass is 10.5. The van der Waals surface area contributed by atoms with E-state index in [1.165, 1.54) is 0 Å². The van der Waals surface area contributed by atoms with Gasteiger partial charge < -0.3 is 19.9 Å². The average Bonchev–Trinajstić information content (AvgIpc) is 2.17. The van der Waals surface area contributed by atoms with Gasteiger partial charge in [-0.3, -0.25) is 0 Å². The standard InChI is InChI=1S/C8H22N2O2Si.ClH/c1-11-13(3,12-2)8-4-6-10-7-5-9;/h10H,4-9H2,1-3H3;1H.